The summed E-state index contributed by atoms with van der Waals surface area (Å²) in [6.45, 7) is 3.37. The van der Waals surface area contributed by atoms with E-state index in [1.54, 1.807) is 26.2 Å². The molecule has 1 heterocycles. The van der Waals surface area contributed by atoms with Crippen molar-refractivity contribution < 1.29 is 14.6 Å². The summed E-state index contributed by atoms with van der Waals surface area (Å²) in [5.41, 5.74) is 1.14. The fourth-order valence-electron chi connectivity index (χ4n) is 2.17. The SMILES string of the molecule is COCCC1(CNc2ccc(C(=O)O)c(C)n2)CC1. The molecule has 1 saturated carbocycles. The quantitative estimate of drug-likeness (QED) is 0.790. The normalized spacial score (nSPS) is 16.1. The fraction of sp³-hybridized carbons (Fsp3) is 0.571. The van der Waals surface area contributed by atoms with Gasteiger partial charge in [-0.15, -0.1) is 0 Å². The molecule has 1 aliphatic carbocycles. The third-order valence-electron chi connectivity index (χ3n) is 3.75. The van der Waals surface area contributed by atoms with Crippen LogP contribution in [-0.4, -0.2) is 36.3 Å². The van der Waals surface area contributed by atoms with Crippen molar-refractivity contribution in [2.45, 2.75) is 26.2 Å². The molecule has 2 N–H and O–H groups in total. The minimum atomic E-state index is -0.935. The summed E-state index contributed by atoms with van der Waals surface area (Å²) < 4.78 is 5.12. The zero-order chi connectivity index (χ0) is 13.9. The summed E-state index contributed by atoms with van der Waals surface area (Å²) in [6.07, 6.45) is 3.49. The molecule has 5 nitrogen and oxygen atoms in total. The first-order valence-electron chi connectivity index (χ1n) is 6.50. The van der Waals surface area contributed by atoms with Gasteiger partial charge in [0.2, 0.25) is 0 Å². The highest BCUT2D eigenvalue weighted by Gasteiger charge is 2.41. The lowest BCUT2D eigenvalue weighted by Crippen LogP contribution is -2.18. The summed E-state index contributed by atoms with van der Waals surface area (Å²) >= 11 is 0. The van der Waals surface area contributed by atoms with Gasteiger partial charge in [0.1, 0.15) is 5.82 Å². The Morgan fingerprint density at radius 1 is 1.53 bits per heavy atom. The lowest BCUT2D eigenvalue weighted by Gasteiger charge is -2.16. The molecular weight excluding hydrogens is 244 g/mol. The molecule has 0 saturated heterocycles. The maximum absolute atomic E-state index is 10.9. The highest BCUT2D eigenvalue weighted by atomic mass is 16.5. The zero-order valence-corrected chi connectivity index (χ0v) is 11.4. The second-order valence-electron chi connectivity index (χ2n) is 5.23. The summed E-state index contributed by atoms with van der Waals surface area (Å²) in [7, 11) is 1.72. The number of aryl methyl sites for hydroxylation is 1. The van der Waals surface area contributed by atoms with E-state index in [4.69, 9.17) is 9.84 Å². The number of anilines is 1. The Kier molecular flexibility index (Phi) is 4.04. The van der Waals surface area contributed by atoms with E-state index in [9.17, 15) is 4.79 Å². The van der Waals surface area contributed by atoms with Crippen LogP contribution in [0.2, 0.25) is 0 Å². The van der Waals surface area contributed by atoms with Crippen molar-refractivity contribution in [2.75, 3.05) is 25.6 Å². The molecule has 104 valence electrons. The van der Waals surface area contributed by atoms with E-state index >= 15 is 0 Å². The molecule has 0 spiro atoms. The number of rotatable bonds is 7. The molecule has 0 unspecified atom stereocenters. The van der Waals surface area contributed by atoms with Crippen LogP contribution in [0, 0.1) is 12.3 Å². The number of carbonyl (C=O) groups is 1. The molecule has 1 aromatic rings. The predicted octanol–water partition coefficient (Wildman–Crippen LogP) is 2.32. The van der Waals surface area contributed by atoms with Crippen molar-refractivity contribution in [3.05, 3.63) is 23.4 Å². The van der Waals surface area contributed by atoms with Crippen LogP contribution in [0.15, 0.2) is 12.1 Å². The maximum Gasteiger partial charge on any atom is 0.337 e. The van der Waals surface area contributed by atoms with Crippen LogP contribution in [0.4, 0.5) is 5.82 Å². The number of aromatic nitrogens is 1. The lowest BCUT2D eigenvalue weighted by atomic mass is 10.0. The third kappa shape index (κ3) is 3.44. The van der Waals surface area contributed by atoms with Crippen LogP contribution in [0.25, 0.3) is 0 Å². The number of carboxylic acids is 1. The van der Waals surface area contributed by atoms with Gasteiger partial charge in [-0.25, -0.2) is 9.78 Å². The Labute approximate surface area is 113 Å². The first kappa shape index (κ1) is 13.8. The number of nitrogens with one attached hydrogen (secondary N) is 1. The first-order chi connectivity index (χ1) is 9.06. The molecule has 2 rings (SSSR count). The van der Waals surface area contributed by atoms with E-state index in [1.807, 2.05) is 0 Å². The zero-order valence-electron chi connectivity index (χ0n) is 11.4. The predicted molar refractivity (Wildman–Crippen MR) is 72.6 cm³/mol. The average Bonchev–Trinajstić information content (AvgIpc) is 3.14. The molecule has 1 fully saturated rings. The van der Waals surface area contributed by atoms with Crippen molar-refractivity contribution in [3.8, 4) is 0 Å². The molecule has 1 aliphatic rings. The number of nitrogens with zero attached hydrogens (tertiary/aromatic N) is 1. The van der Waals surface area contributed by atoms with E-state index < -0.39 is 5.97 Å². The Balaban J connectivity index is 1.93. The number of aromatic carboxylic acids is 1. The van der Waals surface area contributed by atoms with Crippen LogP contribution < -0.4 is 5.32 Å². The molecular formula is C14H20N2O3. The van der Waals surface area contributed by atoms with Crippen molar-refractivity contribution in [1.29, 1.82) is 0 Å². The largest absolute Gasteiger partial charge is 0.478 e. The summed E-state index contributed by atoms with van der Waals surface area (Å²) in [5.74, 6) is -0.193. The molecule has 0 atom stereocenters. The van der Waals surface area contributed by atoms with Crippen LogP contribution >= 0.6 is 0 Å². The van der Waals surface area contributed by atoms with E-state index in [2.05, 4.69) is 10.3 Å². The monoisotopic (exact) mass is 264 g/mol. The number of pyridine rings is 1. The van der Waals surface area contributed by atoms with Gasteiger partial charge in [-0.1, -0.05) is 0 Å². The average molecular weight is 264 g/mol. The molecule has 19 heavy (non-hydrogen) atoms. The van der Waals surface area contributed by atoms with E-state index in [0.717, 1.165) is 25.4 Å². The van der Waals surface area contributed by atoms with Crippen molar-refractivity contribution >= 4 is 11.8 Å². The number of methoxy groups -OCH3 is 1. The van der Waals surface area contributed by atoms with Gasteiger partial charge in [-0.05, 0) is 43.7 Å². The smallest absolute Gasteiger partial charge is 0.337 e. The second kappa shape index (κ2) is 5.57. The second-order valence-corrected chi connectivity index (χ2v) is 5.23. The molecule has 0 aliphatic heterocycles. The van der Waals surface area contributed by atoms with Crippen LogP contribution in [0.5, 0.6) is 0 Å². The minimum Gasteiger partial charge on any atom is -0.478 e. The van der Waals surface area contributed by atoms with Crippen molar-refractivity contribution in [2.24, 2.45) is 5.41 Å². The summed E-state index contributed by atoms with van der Waals surface area (Å²) in [6, 6.07) is 3.32. The van der Waals surface area contributed by atoms with Gasteiger partial charge < -0.3 is 15.2 Å². The van der Waals surface area contributed by atoms with Crippen molar-refractivity contribution in [3.63, 3.8) is 0 Å². The van der Waals surface area contributed by atoms with E-state index in [-0.39, 0.29) is 5.56 Å². The fourth-order valence-corrected chi connectivity index (χ4v) is 2.17. The van der Waals surface area contributed by atoms with Gasteiger partial charge >= 0.3 is 5.97 Å². The van der Waals surface area contributed by atoms with Gasteiger partial charge in [0.15, 0.2) is 0 Å². The maximum atomic E-state index is 10.9. The molecule has 0 bridgehead atoms. The van der Waals surface area contributed by atoms with Crippen LogP contribution in [-0.2, 0) is 4.74 Å². The van der Waals surface area contributed by atoms with Crippen LogP contribution in [0.1, 0.15) is 35.3 Å². The van der Waals surface area contributed by atoms with Crippen LogP contribution in [0.3, 0.4) is 0 Å². The van der Waals surface area contributed by atoms with Gasteiger partial charge in [-0.2, -0.15) is 0 Å². The summed E-state index contributed by atoms with van der Waals surface area (Å²) in [5, 5.41) is 12.3. The minimum absolute atomic E-state index is 0.256. The number of ether oxygens (including phenoxy) is 1. The van der Waals surface area contributed by atoms with Gasteiger partial charge in [0, 0.05) is 20.3 Å². The van der Waals surface area contributed by atoms with E-state index in [1.165, 1.54) is 12.8 Å². The highest BCUT2D eigenvalue weighted by Crippen LogP contribution is 2.48. The summed E-state index contributed by atoms with van der Waals surface area (Å²) in [4.78, 5) is 15.2. The standard InChI is InChI=1S/C14H20N2O3/c1-10-11(13(17)18)3-4-12(16-10)15-9-14(5-6-14)7-8-19-2/h3-4H,5-9H2,1-2H3,(H,15,16)(H,17,18). The molecule has 0 aromatic carbocycles. The third-order valence-corrected chi connectivity index (χ3v) is 3.75. The van der Waals surface area contributed by atoms with Gasteiger partial charge in [0.25, 0.3) is 0 Å². The van der Waals surface area contributed by atoms with Gasteiger partial charge in [-0.3, -0.25) is 0 Å². The first-order valence-corrected chi connectivity index (χ1v) is 6.50. The Morgan fingerprint density at radius 2 is 2.26 bits per heavy atom. The molecule has 0 radical (unpaired) electrons. The number of hydrogen-bond acceptors (Lipinski definition) is 4. The molecule has 5 heteroatoms. The highest BCUT2D eigenvalue weighted by molar-refractivity contribution is 5.89. The number of carboxylic acid groups (broad SMARTS) is 1. The number of hydrogen-bond donors (Lipinski definition) is 2. The molecule has 0 amide bonds. The van der Waals surface area contributed by atoms with Gasteiger partial charge in [0.05, 0.1) is 11.3 Å². The molecule has 1 aromatic heterocycles. The Bertz CT molecular complexity index is 470. The Hall–Kier alpha value is -1.62. The van der Waals surface area contributed by atoms with E-state index in [0.29, 0.717) is 11.1 Å². The topological polar surface area (TPSA) is 71.5 Å². The lowest BCUT2D eigenvalue weighted by molar-refractivity contribution is 0.0695. The van der Waals surface area contributed by atoms with Crippen molar-refractivity contribution in [1.82, 2.24) is 4.98 Å². The Morgan fingerprint density at radius 3 is 2.79 bits per heavy atom.